The predicted octanol–water partition coefficient (Wildman–Crippen LogP) is 16.7. The molecule has 3 aromatic heterocycles. The van der Waals surface area contributed by atoms with E-state index in [1.807, 2.05) is 18.2 Å². The molecule has 0 fully saturated rings. The second kappa shape index (κ2) is 16.1. The van der Waals surface area contributed by atoms with Gasteiger partial charge in [-0.2, -0.15) is 0 Å². The summed E-state index contributed by atoms with van der Waals surface area (Å²) in [6.07, 6.45) is 0. The van der Waals surface area contributed by atoms with Gasteiger partial charge in [-0.15, -0.1) is 0 Å². The van der Waals surface area contributed by atoms with Crippen LogP contribution in [-0.4, -0.2) is 24.1 Å². The zero-order valence-corrected chi connectivity index (χ0v) is 37.9. The molecule has 0 spiro atoms. The molecule has 0 saturated heterocycles. The van der Waals surface area contributed by atoms with Crippen molar-refractivity contribution in [3.8, 4) is 67.8 Å². The van der Waals surface area contributed by atoms with Crippen LogP contribution < -0.4 is 0 Å². The molecule has 0 aliphatic rings. The van der Waals surface area contributed by atoms with E-state index >= 15 is 0 Å². The van der Waals surface area contributed by atoms with Crippen LogP contribution in [0, 0.1) is 0 Å². The lowest BCUT2D eigenvalue weighted by Gasteiger charge is -2.17. The Morgan fingerprint density at radius 3 is 1.19 bits per heavy atom. The van der Waals surface area contributed by atoms with Crippen LogP contribution in [0.15, 0.2) is 249 Å². The van der Waals surface area contributed by atoms with E-state index in [1.165, 1.54) is 49.2 Å². The summed E-state index contributed by atoms with van der Waals surface area (Å²) in [6.45, 7) is 0. The van der Waals surface area contributed by atoms with E-state index in [9.17, 15) is 0 Å². The maximum absolute atomic E-state index is 5.27. The fraction of sp³-hybridized carbons (Fsp3) is 0. The summed E-state index contributed by atoms with van der Waals surface area (Å²) in [7, 11) is 0. The smallest absolute Gasteiger partial charge is 0.164 e. The molecule has 11 aromatic carbocycles. The fourth-order valence-corrected chi connectivity index (χ4v) is 10.6. The van der Waals surface area contributed by atoms with Crippen LogP contribution in [-0.2, 0) is 0 Å². The number of fused-ring (bicyclic) bond motifs is 8. The van der Waals surface area contributed by atoms with Gasteiger partial charge in [0.1, 0.15) is 0 Å². The second-order valence-electron chi connectivity index (χ2n) is 18.0. The van der Waals surface area contributed by atoms with Gasteiger partial charge >= 0.3 is 0 Å². The van der Waals surface area contributed by atoms with Gasteiger partial charge in [-0.25, -0.2) is 15.0 Å². The largest absolute Gasteiger partial charge is 0.309 e. The lowest BCUT2D eigenvalue weighted by molar-refractivity contribution is 1.07. The number of para-hydroxylation sites is 4. The summed E-state index contributed by atoms with van der Waals surface area (Å²) < 4.78 is 4.78. The molecule has 0 saturated carbocycles. The minimum Gasteiger partial charge on any atom is -0.309 e. The van der Waals surface area contributed by atoms with Gasteiger partial charge in [-0.1, -0.05) is 182 Å². The zero-order valence-electron chi connectivity index (χ0n) is 37.9. The quantitative estimate of drug-likeness (QED) is 0.160. The van der Waals surface area contributed by atoms with Gasteiger partial charge < -0.3 is 9.13 Å². The van der Waals surface area contributed by atoms with Gasteiger partial charge in [0.05, 0.1) is 27.8 Å². The first-order valence-corrected chi connectivity index (χ1v) is 23.8. The average Bonchev–Trinajstić information content (AvgIpc) is 3.96. The van der Waals surface area contributed by atoms with Crippen molar-refractivity contribution in [2.24, 2.45) is 0 Å². The van der Waals surface area contributed by atoms with Crippen LogP contribution in [0.5, 0.6) is 0 Å². The number of rotatable bonds is 7. The van der Waals surface area contributed by atoms with Crippen LogP contribution in [0.25, 0.3) is 133 Å². The van der Waals surface area contributed by atoms with Crippen LogP contribution in [0.4, 0.5) is 0 Å². The SMILES string of the molecule is c1ccc(-c2ccc(-n3c4ccccc4c4ccccc43)c(-c3ccc4ccc(-c5nc(-c6ccccc6)nc(-c6ccc7ccc(-n8c9ccccc9c9ccccc98)cc7c6)n5)cc4c3)c2)cc1. The molecule has 5 heteroatoms. The Morgan fingerprint density at radius 2 is 0.643 bits per heavy atom. The van der Waals surface area contributed by atoms with Gasteiger partial charge in [-0.05, 0) is 105 Å². The molecular formula is C65H41N5. The minimum atomic E-state index is 0.618. The standard InChI is InChI=1S/C65H41N5/c1-3-15-42(16-4-1)46-34-36-62(70-60-25-13-9-21-55(60)56-22-10-14-26-61(56)70)57(41-46)47-30-27-43-28-31-48(38-50(43)37-47)64-66-63(45-17-5-2-6-18-45)67-65(68-64)49-32-29-44-33-35-52(40-51(44)39-49)69-58-23-11-7-19-53(58)54-20-8-12-24-59(54)69/h1-41H. The monoisotopic (exact) mass is 891 g/mol. The Labute approximate surface area is 403 Å². The third-order valence-electron chi connectivity index (χ3n) is 13.9. The molecule has 0 atom stereocenters. The van der Waals surface area contributed by atoms with E-state index in [2.05, 4.69) is 240 Å². The Balaban J connectivity index is 0.913. The molecule has 14 aromatic rings. The van der Waals surface area contributed by atoms with Gasteiger partial charge in [0.15, 0.2) is 17.5 Å². The first-order valence-electron chi connectivity index (χ1n) is 23.8. The predicted molar refractivity (Wildman–Crippen MR) is 291 cm³/mol. The van der Waals surface area contributed by atoms with Crippen molar-refractivity contribution in [1.82, 2.24) is 24.1 Å². The normalized spacial score (nSPS) is 11.7. The molecule has 0 aliphatic heterocycles. The highest BCUT2D eigenvalue weighted by Gasteiger charge is 2.19. The number of hydrogen-bond donors (Lipinski definition) is 0. The first kappa shape index (κ1) is 39.7. The summed E-state index contributed by atoms with van der Waals surface area (Å²) in [5, 5.41) is 9.43. The molecule has 0 amide bonds. The molecule has 0 N–H and O–H groups in total. The van der Waals surface area contributed by atoms with E-state index in [1.54, 1.807) is 0 Å². The highest BCUT2D eigenvalue weighted by atomic mass is 15.0. The van der Waals surface area contributed by atoms with Crippen molar-refractivity contribution in [1.29, 1.82) is 0 Å². The Kier molecular flexibility index (Phi) is 9.14. The molecule has 14 rings (SSSR count). The van der Waals surface area contributed by atoms with Crippen LogP contribution in [0.2, 0.25) is 0 Å². The average molecular weight is 892 g/mol. The summed E-state index contributed by atoms with van der Waals surface area (Å²) in [4.78, 5) is 15.6. The second-order valence-corrected chi connectivity index (χ2v) is 18.0. The molecular weight excluding hydrogens is 851 g/mol. The molecule has 70 heavy (non-hydrogen) atoms. The molecule has 5 nitrogen and oxygen atoms in total. The van der Waals surface area contributed by atoms with E-state index in [-0.39, 0.29) is 0 Å². The van der Waals surface area contributed by atoms with E-state index in [0.29, 0.717) is 17.5 Å². The molecule has 0 radical (unpaired) electrons. The number of nitrogens with zero attached hydrogens (tertiary/aromatic N) is 5. The maximum atomic E-state index is 5.27. The Hall–Kier alpha value is -9.45. The minimum absolute atomic E-state index is 0.618. The van der Waals surface area contributed by atoms with Gasteiger partial charge in [0.2, 0.25) is 0 Å². The van der Waals surface area contributed by atoms with Crippen molar-refractivity contribution in [2.45, 2.75) is 0 Å². The molecule has 0 bridgehead atoms. The van der Waals surface area contributed by atoms with Gasteiger partial charge in [0.25, 0.3) is 0 Å². The summed E-state index contributed by atoms with van der Waals surface area (Å²) in [5.41, 5.74) is 14.3. The highest BCUT2D eigenvalue weighted by Crippen LogP contribution is 2.40. The molecule has 326 valence electrons. The Bertz CT molecular complexity index is 4250. The number of benzene rings is 11. The van der Waals surface area contributed by atoms with E-state index in [0.717, 1.165) is 66.3 Å². The molecule has 0 unspecified atom stereocenters. The summed E-state index contributed by atoms with van der Waals surface area (Å²) in [6, 6.07) is 89.0. The van der Waals surface area contributed by atoms with Crippen molar-refractivity contribution in [2.75, 3.05) is 0 Å². The van der Waals surface area contributed by atoms with E-state index in [4.69, 9.17) is 15.0 Å². The van der Waals surface area contributed by atoms with Crippen molar-refractivity contribution in [3.05, 3.63) is 249 Å². The Morgan fingerprint density at radius 1 is 0.243 bits per heavy atom. The topological polar surface area (TPSA) is 48.5 Å². The highest BCUT2D eigenvalue weighted by molar-refractivity contribution is 6.11. The third-order valence-corrected chi connectivity index (χ3v) is 13.9. The van der Waals surface area contributed by atoms with Crippen molar-refractivity contribution in [3.63, 3.8) is 0 Å². The molecule has 3 heterocycles. The number of aromatic nitrogens is 5. The van der Waals surface area contributed by atoms with Gasteiger partial charge in [-0.3, -0.25) is 0 Å². The van der Waals surface area contributed by atoms with Crippen LogP contribution in [0.1, 0.15) is 0 Å². The van der Waals surface area contributed by atoms with Crippen molar-refractivity contribution >= 4 is 65.2 Å². The lowest BCUT2D eigenvalue weighted by atomic mass is 9.95. The fourth-order valence-electron chi connectivity index (χ4n) is 10.6. The van der Waals surface area contributed by atoms with E-state index < -0.39 is 0 Å². The van der Waals surface area contributed by atoms with Crippen LogP contribution in [0.3, 0.4) is 0 Å². The number of hydrogen-bond acceptors (Lipinski definition) is 3. The summed E-state index contributed by atoms with van der Waals surface area (Å²) in [5.74, 6) is 1.87. The first-order chi connectivity index (χ1) is 34.7. The molecule has 0 aliphatic carbocycles. The van der Waals surface area contributed by atoms with Gasteiger partial charge in [0, 0.05) is 49.5 Å². The maximum Gasteiger partial charge on any atom is 0.164 e. The lowest BCUT2D eigenvalue weighted by Crippen LogP contribution is -2.00. The summed E-state index contributed by atoms with van der Waals surface area (Å²) >= 11 is 0. The van der Waals surface area contributed by atoms with Crippen molar-refractivity contribution < 1.29 is 0 Å². The third kappa shape index (κ3) is 6.59. The zero-order chi connectivity index (χ0) is 46.1. The van der Waals surface area contributed by atoms with Crippen LogP contribution >= 0.6 is 0 Å².